The number of ether oxygens (including phenoxy) is 1. The molecule has 1 aliphatic rings. The van der Waals surface area contributed by atoms with Crippen molar-refractivity contribution < 1.29 is 14.3 Å². The molecule has 2 amide bonds. The van der Waals surface area contributed by atoms with Crippen LogP contribution < -0.4 is 15.4 Å². The molecule has 25 heavy (non-hydrogen) atoms. The highest BCUT2D eigenvalue weighted by atomic mass is 32.2. The zero-order valence-electron chi connectivity index (χ0n) is 13.3. The Bertz CT molecular complexity index is 909. The minimum Gasteiger partial charge on any atom is -0.496 e. The van der Waals surface area contributed by atoms with Crippen molar-refractivity contribution in [2.24, 2.45) is 5.73 Å². The first-order valence-electron chi connectivity index (χ1n) is 7.32. The summed E-state index contributed by atoms with van der Waals surface area (Å²) in [6.45, 7) is 0. The third-order valence-corrected chi connectivity index (χ3v) is 4.93. The van der Waals surface area contributed by atoms with Gasteiger partial charge in [0.1, 0.15) is 5.75 Å². The molecule has 0 aliphatic carbocycles. The molecule has 0 radical (unpaired) electrons. The molecule has 7 heteroatoms. The molecule has 0 saturated carbocycles. The van der Waals surface area contributed by atoms with Crippen molar-refractivity contribution in [1.82, 2.24) is 0 Å². The molecule has 1 saturated heterocycles. The second-order valence-electron chi connectivity index (χ2n) is 5.14. The smallest absolute Gasteiger partial charge is 0.270 e. The Hall–Kier alpha value is -2.64. The number of amides is 2. The van der Waals surface area contributed by atoms with Crippen molar-refractivity contribution in [3.63, 3.8) is 0 Å². The summed E-state index contributed by atoms with van der Waals surface area (Å²) in [4.78, 5) is 26.3. The first-order valence-corrected chi connectivity index (χ1v) is 8.55. The van der Waals surface area contributed by atoms with E-state index in [1.807, 2.05) is 24.3 Å². The molecule has 126 valence electrons. The quantitative estimate of drug-likeness (QED) is 0.661. The average molecular weight is 370 g/mol. The van der Waals surface area contributed by atoms with Crippen LogP contribution in [-0.2, 0) is 4.79 Å². The van der Waals surface area contributed by atoms with Crippen LogP contribution in [0.1, 0.15) is 15.9 Å². The molecule has 1 heterocycles. The van der Waals surface area contributed by atoms with E-state index in [-0.39, 0.29) is 11.5 Å². The fraction of sp³-hybridized carbons (Fsp3) is 0.0556. The lowest BCUT2D eigenvalue weighted by Crippen LogP contribution is -2.30. The highest BCUT2D eigenvalue weighted by Crippen LogP contribution is 2.38. The van der Waals surface area contributed by atoms with Crippen molar-refractivity contribution >= 4 is 51.9 Å². The van der Waals surface area contributed by atoms with E-state index in [1.54, 1.807) is 37.5 Å². The summed E-state index contributed by atoms with van der Waals surface area (Å²) in [5.41, 5.74) is 6.82. The van der Waals surface area contributed by atoms with Crippen molar-refractivity contribution in [2.75, 3.05) is 12.0 Å². The van der Waals surface area contributed by atoms with Gasteiger partial charge in [-0.15, -0.1) is 0 Å². The maximum absolute atomic E-state index is 12.9. The number of carbonyl (C=O) groups excluding carboxylic acids is 2. The lowest BCUT2D eigenvalue weighted by Gasteiger charge is -2.17. The fourth-order valence-electron chi connectivity index (χ4n) is 2.48. The third kappa shape index (κ3) is 3.29. The van der Waals surface area contributed by atoms with Gasteiger partial charge in [0, 0.05) is 5.56 Å². The molecule has 0 bridgehead atoms. The van der Waals surface area contributed by atoms with E-state index in [1.165, 1.54) is 16.7 Å². The van der Waals surface area contributed by atoms with Gasteiger partial charge >= 0.3 is 0 Å². The predicted octanol–water partition coefficient (Wildman–Crippen LogP) is 3.20. The van der Waals surface area contributed by atoms with Crippen LogP contribution in [0.5, 0.6) is 5.75 Å². The first kappa shape index (κ1) is 17.2. The highest BCUT2D eigenvalue weighted by Gasteiger charge is 2.35. The number of benzene rings is 2. The van der Waals surface area contributed by atoms with E-state index in [0.29, 0.717) is 20.7 Å². The van der Waals surface area contributed by atoms with Gasteiger partial charge in [-0.25, -0.2) is 0 Å². The van der Waals surface area contributed by atoms with E-state index in [4.69, 9.17) is 22.7 Å². The number of thiocarbonyl (C=S) groups is 1. The Balaban J connectivity index is 2.02. The van der Waals surface area contributed by atoms with E-state index in [9.17, 15) is 9.59 Å². The van der Waals surface area contributed by atoms with Crippen LogP contribution in [0.2, 0.25) is 0 Å². The maximum Gasteiger partial charge on any atom is 0.270 e. The number of primary amides is 1. The second-order valence-corrected chi connectivity index (χ2v) is 6.82. The normalized spacial score (nSPS) is 15.7. The Morgan fingerprint density at radius 1 is 1.20 bits per heavy atom. The minimum absolute atomic E-state index is 0.248. The van der Waals surface area contributed by atoms with E-state index in [2.05, 4.69) is 0 Å². The molecule has 0 spiro atoms. The van der Waals surface area contributed by atoms with Gasteiger partial charge in [-0.05, 0) is 24.3 Å². The van der Waals surface area contributed by atoms with Gasteiger partial charge in [0.15, 0.2) is 4.32 Å². The van der Waals surface area contributed by atoms with Crippen LogP contribution in [0, 0.1) is 0 Å². The van der Waals surface area contributed by atoms with Crippen LogP contribution in [0.4, 0.5) is 5.69 Å². The lowest BCUT2D eigenvalue weighted by atomic mass is 10.1. The molecular weight excluding hydrogens is 356 g/mol. The summed E-state index contributed by atoms with van der Waals surface area (Å²) in [6.07, 6.45) is 1.73. The molecule has 2 aromatic rings. The van der Waals surface area contributed by atoms with E-state index < -0.39 is 5.91 Å². The minimum atomic E-state index is -0.613. The number of nitrogens with zero attached hydrogens (tertiary/aromatic N) is 1. The van der Waals surface area contributed by atoms with E-state index in [0.717, 1.165) is 5.56 Å². The Morgan fingerprint density at radius 2 is 1.88 bits per heavy atom. The largest absolute Gasteiger partial charge is 0.496 e. The molecule has 5 nitrogen and oxygen atoms in total. The van der Waals surface area contributed by atoms with Crippen molar-refractivity contribution in [3.05, 3.63) is 64.6 Å². The number of thioether (sulfide) groups is 1. The number of anilines is 1. The van der Waals surface area contributed by atoms with Gasteiger partial charge in [0.25, 0.3) is 11.8 Å². The second kappa shape index (κ2) is 7.08. The molecule has 3 rings (SSSR count). The van der Waals surface area contributed by atoms with Gasteiger partial charge in [0.05, 0.1) is 23.3 Å². The lowest BCUT2D eigenvalue weighted by molar-refractivity contribution is -0.113. The van der Waals surface area contributed by atoms with Crippen LogP contribution in [0.25, 0.3) is 6.08 Å². The van der Waals surface area contributed by atoms with Gasteiger partial charge < -0.3 is 10.5 Å². The standard InChI is InChI=1S/C18H14N2O3S2/c1-23-14-9-5-2-6-11(14)10-15-17(22)20(18(24)25-15)13-8-4-3-7-12(13)16(19)21/h2-10H,1H3,(H2,19,21)/b15-10-. The number of para-hydroxylation sites is 2. The zero-order chi connectivity index (χ0) is 18.0. The van der Waals surface area contributed by atoms with Crippen LogP contribution in [0.3, 0.4) is 0 Å². The monoisotopic (exact) mass is 370 g/mol. The molecule has 0 unspecified atom stereocenters. The number of hydrogen-bond donors (Lipinski definition) is 1. The average Bonchev–Trinajstić information content (AvgIpc) is 2.89. The highest BCUT2D eigenvalue weighted by molar-refractivity contribution is 8.27. The SMILES string of the molecule is COc1ccccc1/C=C1\SC(=S)N(c2ccccc2C(N)=O)C1=O. The van der Waals surface area contributed by atoms with Crippen LogP contribution in [-0.4, -0.2) is 23.2 Å². The van der Waals surface area contributed by atoms with Crippen molar-refractivity contribution in [2.45, 2.75) is 0 Å². The molecule has 0 aromatic heterocycles. The molecular formula is C18H14N2O3S2. The van der Waals surface area contributed by atoms with Gasteiger partial charge in [-0.1, -0.05) is 54.3 Å². The number of rotatable bonds is 4. The summed E-state index contributed by atoms with van der Waals surface area (Å²) in [5, 5.41) is 0. The maximum atomic E-state index is 12.9. The van der Waals surface area contributed by atoms with Crippen molar-refractivity contribution in [3.8, 4) is 5.75 Å². The third-order valence-electron chi connectivity index (χ3n) is 3.63. The number of carbonyl (C=O) groups is 2. The predicted molar refractivity (Wildman–Crippen MR) is 104 cm³/mol. The summed E-state index contributed by atoms with van der Waals surface area (Å²) in [6, 6.07) is 14.0. The fourth-order valence-corrected chi connectivity index (χ4v) is 3.76. The summed E-state index contributed by atoms with van der Waals surface area (Å²) < 4.78 is 5.65. The summed E-state index contributed by atoms with van der Waals surface area (Å²) >= 11 is 6.52. The van der Waals surface area contributed by atoms with Gasteiger partial charge in [0.2, 0.25) is 0 Å². The molecule has 0 atom stereocenters. The number of nitrogens with two attached hydrogens (primary N) is 1. The number of methoxy groups -OCH3 is 1. The topological polar surface area (TPSA) is 72.6 Å². The molecule has 1 fully saturated rings. The Morgan fingerprint density at radius 3 is 2.60 bits per heavy atom. The molecule has 2 aromatic carbocycles. The Kier molecular flexibility index (Phi) is 4.87. The number of hydrogen-bond acceptors (Lipinski definition) is 5. The zero-order valence-corrected chi connectivity index (χ0v) is 14.9. The summed E-state index contributed by atoms with van der Waals surface area (Å²) in [5.74, 6) is -0.252. The molecule has 2 N–H and O–H groups in total. The summed E-state index contributed by atoms with van der Waals surface area (Å²) in [7, 11) is 1.57. The van der Waals surface area contributed by atoms with Gasteiger partial charge in [-0.3, -0.25) is 14.5 Å². The van der Waals surface area contributed by atoms with Crippen LogP contribution in [0.15, 0.2) is 53.4 Å². The molecule has 1 aliphatic heterocycles. The Labute approximate surface area is 154 Å². The van der Waals surface area contributed by atoms with Crippen molar-refractivity contribution in [1.29, 1.82) is 0 Å². The van der Waals surface area contributed by atoms with Crippen LogP contribution >= 0.6 is 24.0 Å². The first-order chi connectivity index (χ1) is 12.0. The van der Waals surface area contributed by atoms with Gasteiger partial charge in [-0.2, -0.15) is 0 Å². The van der Waals surface area contributed by atoms with E-state index >= 15 is 0 Å².